The molecule has 1 aliphatic carbocycles. The van der Waals surface area contributed by atoms with Gasteiger partial charge >= 0.3 is 0 Å². The third-order valence-corrected chi connectivity index (χ3v) is 5.07. The van der Waals surface area contributed by atoms with Gasteiger partial charge in [0.25, 0.3) is 5.91 Å². The third kappa shape index (κ3) is 5.91. The Labute approximate surface area is 184 Å². The molecule has 2 aromatic heterocycles. The Hall–Kier alpha value is -3.20. The number of anilines is 1. The first-order chi connectivity index (χ1) is 15.0. The van der Waals surface area contributed by atoms with Gasteiger partial charge < -0.3 is 19.9 Å². The Morgan fingerprint density at radius 1 is 1.29 bits per heavy atom. The van der Waals surface area contributed by atoms with Crippen LogP contribution in [0.15, 0.2) is 42.0 Å². The lowest BCUT2D eigenvalue weighted by Crippen LogP contribution is -2.32. The Bertz CT molecular complexity index is 1060. The summed E-state index contributed by atoms with van der Waals surface area (Å²) in [6.07, 6.45) is 5.39. The predicted molar refractivity (Wildman–Crippen MR) is 119 cm³/mol. The minimum Gasteiger partial charge on any atom is -0.487 e. The molecule has 0 spiro atoms. The van der Waals surface area contributed by atoms with Crippen LogP contribution in [0.5, 0.6) is 5.75 Å². The second-order valence-electron chi connectivity index (χ2n) is 6.77. The van der Waals surface area contributed by atoms with Crippen molar-refractivity contribution in [2.24, 2.45) is 7.05 Å². The molecule has 2 amide bonds. The van der Waals surface area contributed by atoms with Crippen molar-refractivity contribution in [1.82, 2.24) is 14.9 Å². The number of carbonyl (C=O) groups is 2. The van der Waals surface area contributed by atoms with Gasteiger partial charge in [0, 0.05) is 30.4 Å². The SMILES string of the molecule is CC.Cn1ccc(C(=O)NCC(=O)Nc2nc(-c3cccc(OC4CC4)c3F)cs2)c1. The number of thiazole rings is 1. The first kappa shape index (κ1) is 22.5. The van der Waals surface area contributed by atoms with Gasteiger partial charge in [-0.25, -0.2) is 9.37 Å². The van der Waals surface area contributed by atoms with E-state index in [1.165, 1.54) is 11.3 Å². The summed E-state index contributed by atoms with van der Waals surface area (Å²) in [6, 6.07) is 6.60. The first-order valence-electron chi connectivity index (χ1n) is 10.1. The van der Waals surface area contributed by atoms with Crippen molar-refractivity contribution in [1.29, 1.82) is 0 Å². The fourth-order valence-corrected chi connectivity index (χ4v) is 3.41. The molecule has 1 saturated carbocycles. The predicted octanol–water partition coefficient (Wildman–Crippen LogP) is 4.22. The van der Waals surface area contributed by atoms with E-state index in [1.54, 1.807) is 53.7 Å². The molecule has 0 atom stereocenters. The van der Waals surface area contributed by atoms with E-state index in [0.29, 0.717) is 22.0 Å². The molecule has 31 heavy (non-hydrogen) atoms. The summed E-state index contributed by atoms with van der Waals surface area (Å²) in [5.74, 6) is -0.999. The Morgan fingerprint density at radius 2 is 2.06 bits per heavy atom. The van der Waals surface area contributed by atoms with Gasteiger partial charge in [-0.05, 0) is 31.0 Å². The first-order valence-corrected chi connectivity index (χ1v) is 11.0. The summed E-state index contributed by atoms with van der Waals surface area (Å²) in [5, 5.41) is 7.15. The average molecular weight is 445 g/mol. The van der Waals surface area contributed by atoms with E-state index in [2.05, 4.69) is 15.6 Å². The van der Waals surface area contributed by atoms with Crippen molar-refractivity contribution in [3.05, 3.63) is 53.4 Å². The van der Waals surface area contributed by atoms with E-state index < -0.39 is 11.7 Å². The van der Waals surface area contributed by atoms with Crippen LogP contribution in [0.2, 0.25) is 0 Å². The van der Waals surface area contributed by atoms with Crippen molar-refractivity contribution >= 4 is 28.3 Å². The zero-order valence-corrected chi connectivity index (χ0v) is 18.5. The van der Waals surface area contributed by atoms with Crippen LogP contribution >= 0.6 is 11.3 Å². The summed E-state index contributed by atoms with van der Waals surface area (Å²) >= 11 is 1.18. The van der Waals surface area contributed by atoms with E-state index in [4.69, 9.17) is 4.74 Å². The molecule has 3 aromatic rings. The molecule has 0 bridgehead atoms. The molecule has 0 aliphatic heterocycles. The molecule has 1 fully saturated rings. The molecule has 0 unspecified atom stereocenters. The number of hydrogen-bond donors (Lipinski definition) is 2. The molecule has 0 saturated heterocycles. The lowest BCUT2D eigenvalue weighted by atomic mass is 10.1. The molecule has 1 aromatic carbocycles. The molecular formula is C22H25FN4O3S. The highest BCUT2D eigenvalue weighted by Crippen LogP contribution is 2.34. The maximum atomic E-state index is 14.7. The summed E-state index contributed by atoms with van der Waals surface area (Å²) in [5.41, 5.74) is 1.20. The number of ether oxygens (including phenoxy) is 1. The number of nitrogens with zero attached hydrogens (tertiary/aromatic N) is 2. The minimum absolute atomic E-state index is 0.0936. The summed E-state index contributed by atoms with van der Waals surface area (Å²) in [4.78, 5) is 28.4. The Balaban J connectivity index is 0.00000132. The summed E-state index contributed by atoms with van der Waals surface area (Å²) in [6.45, 7) is 3.81. The molecule has 0 radical (unpaired) electrons. The number of halogens is 1. The molecular weight excluding hydrogens is 419 g/mol. The molecule has 7 nitrogen and oxygen atoms in total. The fraction of sp³-hybridized carbons (Fsp3) is 0.318. The summed E-state index contributed by atoms with van der Waals surface area (Å²) in [7, 11) is 1.81. The normalized spacial score (nSPS) is 12.5. The van der Waals surface area contributed by atoms with Gasteiger partial charge in [-0.1, -0.05) is 19.9 Å². The highest BCUT2D eigenvalue weighted by Gasteiger charge is 2.25. The summed E-state index contributed by atoms with van der Waals surface area (Å²) < 4.78 is 22.0. The fourth-order valence-electron chi connectivity index (χ4n) is 2.68. The van der Waals surface area contributed by atoms with Crippen molar-refractivity contribution in [3.8, 4) is 17.0 Å². The number of aryl methyl sites for hydroxylation is 1. The van der Waals surface area contributed by atoms with Crippen LogP contribution in [0, 0.1) is 5.82 Å². The van der Waals surface area contributed by atoms with Gasteiger partial charge in [0.2, 0.25) is 5.91 Å². The lowest BCUT2D eigenvalue weighted by Gasteiger charge is -2.08. The smallest absolute Gasteiger partial charge is 0.253 e. The number of carbonyl (C=O) groups excluding carboxylic acids is 2. The van der Waals surface area contributed by atoms with Gasteiger partial charge in [0.15, 0.2) is 16.7 Å². The third-order valence-electron chi connectivity index (χ3n) is 4.31. The van der Waals surface area contributed by atoms with Crippen LogP contribution in [0.4, 0.5) is 9.52 Å². The Kier molecular flexibility index (Phi) is 7.41. The van der Waals surface area contributed by atoms with Crippen LogP contribution in [-0.4, -0.2) is 34.0 Å². The van der Waals surface area contributed by atoms with E-state index in [-0.39, 0.29) is 24.3 Å². The molecule has 164 valence electrons. The zero-order chi connectivity index (χ0) is 22.4. The number of rotatable bonds is 7. The van der Waals surface area contributed by atoms with Crippen molar-refractivity contribution < 1.29 is 18.7 Å². The molecule has 4 rings (SSSR count). The van der Waals surface area contributed by atoms with Crippen molar-refractivity contribution in [2.75, 3.05) is 11.9 Å². The van der Waals surface area contributed by atoms with Gasteiger partial charge in [0.05, 0.1) is 23.9 Å². The van der Waals surface area contributed by atoms with Crippen LogP contribution < -0.4 is 15.4 Å². The number of nitrogens with one attached hydrogen (secondary N) is 2. The monoisotopic (exact) mass is 444 g/mol. The van der Waals surface area contributed by atoms with Crippen LogP contribution in [-0.2, 0) is 11.8 Å². The van der Waals surface area contributed by atoms with E-state index >= 15 is 0 Å². The maximum absolute atomic E-state index is 14.7. The van der Waals surface area contributed by atoms with E-state index in [1.807, 2.05) is 13.8 Å². The van der Waals surface area contributed by atoms with E-state index in [0.717, 1.165) is 12.8 Å². The van der Waals surface area contributed by atoms with Gasteiger partial charge in [-0.15, -0.1) is 11.3 Å². The number of hydrogen-bond acceptors (Lipinski definition) is 5. The van der Waals surface area contributed by atoms with Crippen LogP contribution in [0.25, 0.3) is 11.3 Å². The van der Waals surface area contributed by atoms with Gasteiger partial charge in [-0.2, -0.15) is 0 Å². The van der Waals surface area contributed by atoms with Crippen LogP contribution in [0.1, 0.15) is 37.0 Å². The Morgan fingerprint density at radius 3 is 2.74 bits per heavy atom. The molecule has 9 heteroatoms. The second kappa shape index (κ2) is 10.2. The quantitative estimate of drug-likeness (QED) is 0.571. The molecule has 2 heterocycles. The zero-order valence-electron chi connectivity index (χ0n) is 17.6. The maximum Gasteiger partial charge on any atom is 0.253 e. The van der Waals surface area contributed by atoms with Crippen molar-refractivity contribution in [3.63, 3.8) is 0 Å². The second-order valence-corrected chi connectivity index (χ2v) is 7.63. The van der Waals surface area contributed by atoms with E-state index in [9.17, 15) is 14.0 Å². The van der Waals surface area contributed by atoms with Crippen molar-refractivity contribution in [2.45, 2.75) is 32.8 Å². The molecule has 1 aliphatic rings. The number of amides is 2. The minimum atomic E-state index is -0.460. The van der Waals surface area contributed by atoms with Gasteiger partial charge in [-0.3, -0.25) is 9.59 Å². The lowest BCUT2D eigenvalue weighted by molar-refractivity contribution is -0.115. The largest absolute Gasteiger partial charge is 0.487 e. The highest BCUT2D eigenvalue weighted by atomic mass is 32.1. The standard InChI is InChI=1S/C20H19FN4O3S.C2H6/c1-25-8-7-12(10-25)19(27)22-9-17(26)24-20-23-15(11-29-20)14-3-2-4-16(18(14)21)28-13-5-6-13;1-2/h2-4,7-8,10-11,13H,5-6,9H2,1H3,(H,22,27)(H,23,24,26);1-2H3. The number of benzene rings is 1. The van der Waals surface area contributed by atoms with Gasteiger partial charge in [0.1, 0.15) is 0 Å². The topological polar surface area (TPSA) is 85.3 Å². The molecule has 2 N–H and O–H groups in total. The van der Waals surface area contributed by atoms with Crippen LogP contribution in [0.3, 0.4) is 0 Å². The highest BCUT2D eigenvalue weighted by molar-refractivity contribution is 7.14. The number of aromatic nitrogens is 2. The average Bonchev–Trinajstić information content (AvgIpc) is 3.28.